The van der Waals surface area contributed by atoms with Crippen LogP contribution in [-0.4, -0.2) is 25.8 Å². The predicted octanol–water partition coefficient (Wildman–Crippen LogP) is 2.61. The standard InChI is InChI=1S/C15H21NO2/c1-2-6-12(5-1)9-16-10-13-11-17-14-7-3-4-8-15(14)18-13/h3-4,7-8,12-13,16H,1-2,5-6,9-11H2. The van der Waals surface area contributed by atoms with Crippen molar-refractivity contribution >= 4 is 0 Å². The largest absolute Gasteiger partial charge is 0.486 e. The molecule has 1 fully saturated rings. The first-order valence-electron chi connectivity index (χ1n) is 7.01. The molecule has 0 bridgehead atoms. The van der Waals surface area contributed by atoms with Gasteiger partial charge < -0.3 is 14.8 Å². The van der Waals surface area contributed by atoms with E-state index in [0.717, 1.165) is 30.5 Å². The number of nitrogens with one attached hydrogen (secondary N) is 1. The number of rotatable bonds is 4. The average Bonchev–Trinajstić information content (AvgIpc) is 2.92. The molecule has 1 atom stereocenters. The van der Waals surface area contributed by atoms with E-state index < -0.39 is 0 Å². The zero-order valence-corrected chi connectivity index (χ0v) is 10.7. The van der Waals surface area contributed by atoms with Crippen LogP contribution in [0.1, 0.15) is 25.7 Å². The lowest BCUT2D eigenvalue weighted by molar-refractivity contribution is 0.0897. The van der Waals surface area contributed by atoms with Crippen LogP contribution in [0.5, 0.6) is 11.5 Å². The van der Waals surface area contributed by atoms with Crippen LogP contribution >= 0.6 is 0 Å². The summed E-state index contributed by atoms with van der Waals surface area (Å²) in [6, 6.07) is 7.88. The third kappa shape index (κ3) is 2.78. The van der Waals surface area contributed by atoms with Gasteiger partial charge in [-0.05, 0) is 37.4 Å². The topological polar surface area (TPSA) is 30.5 Å². The molecule has 1 aromatic rings. The molecule has 1 aliphatic carbocycles. The third-order valence-corrected chi connectivity index (χ3v) is 3.85. The van der Waals surface area contributed by atoms with Gasteiger partial charge in [0.2, 0.25) is 0 Å². The van der Waals surface area contributed by atoms with Gasteiger partial charge >= 0.3 is 0 Å². The van der Waals surface area contributed by atoms with E-state index in [1.165, 1.54) is 25.7 Å². The summed E-state index contributed by atoms with van der Waals surface area (Å²) in [7, 11) is 0. The van der Waals surface area contributed by atoms with Crippen LogP contribution < -0.4 is 14.8 Å². The monoisotopic (exact) mass is 247 g/mol. The summed E-state index contributed by atoms with van der Waals surface area (Å²) < 4.78 is 11.6. The van der Waals surface area contributed by atoms with Gasteiger partial charge in [-0.15, -0.1) is 0 Å². The number of hydrogen-bond acceptors (Lipinski definition) is 3. The molecule has 1 aromatic carbocycles. The van der Waals surface area contributed by atoms with Crippen molar-refractivity contribution in [2.75, 3.05) is 19.7 Å². The normalized spacial score (nSPS) is 23.2. The Morgan fingerprint density at radius 2 is 1.83 bits per heavy atom. The minimum absolute atomic E-state index is 0.140. The van der Waals surface area contributed by atoms with Crippen molar-refractivity contribution in [2.24, 2.45) is 5.92 Å². The first kappa shape index (κ1) is 11.8. The molecular formula is C15H21NO2. The minimum atomic E-state index is 0.140. The first-order chi connectivity index (χ1) is 8.92. The Labute approximate surface area is 108 Å². The highest BCUT2D eigenvalue weighted by Gasteiger charge is 2.21. The lowest BCUT2D eigenvalue weighted by Crippen LogP contribution is -2.39. The molecule has 3 rings (SSSR count). The molecule has 0 aromatic heterocycles. The molecule has 0 spiro atoms. The molecule has 1 heterocycles. The quantitative estimate of drug-likeness (QED) is 0.887. The van der Waals surface area contributed by atoms with Crippen LogP contribution in [0, 0.1) is 5.92 Å². The number of hydrogen-bond donors (Lipinski definition) is 1. The first-order valence-corrected chi connectivity index (χ1v) is 7.01. The van der Waals surface area contributed by atoms with Gasteiger partial charge in [0.15, 0.2) is 11.5 Å². The SMILES string of the molecule is c1ccc2c(c1)OCC(CNCC1CCCC1)O2. The molecule has 0 amide bonds. The number of para-hydroxylation sites is 2. The second kappa shape index (κ2) is 5.61. The maximum Gasteiger partial charge on any atom is 0.161 e. The molecule has 1 N–H and O–H groups in total. The fourth-order valence-corrected chi connectivity index (χ4v) is 2.83. The van der Waals surface area contributed by atoms with E-state index in [-0.39, 0.29) is 6.10 Å². The average molecular weight is 247 g/mol. The van der Waals surface area contributed by atoms with Crippen molar-refractivity contribution < 1.29 is 9.47 Å². The summed E-state index contributed by atoms with van der Waals surface area (Å²) in [6.07, 6.45) is 5.72. The lowest BCUT2D eigenvalue weighted by Gasteiger charge is -2.27. The zero-order valence-electron chi connectivity index (χ0n) is 10.7. The van der Waals surface area contributed by atoms with Crippen molar-refractivity contribution in [3.8, 4) is 11.5 Å². The summed E-state index contributed by atoms with van der Waals surface area (Å²) in [4.78, 5) is 0. The zero-order chi connectivity index (χ0) is 12.2. The Morgan fingerprint density at radius 1 is 1.06 bits per heavy atom. The van der Waals surface area contributed by atoms with Gasteiger partial charge in [-0.25, -0.2) is 0 Å². The van der Waals surface area contributed by atoms with Crippen molar-refractivity contribution in [2.45, 2.75) is 31.8 Å². The highest BCUT2D eigenvalue weighted by Crippen LogP contribution is 2.30. The molecule has 3 nitrogen and oxygen atoms in total. The highest BCUT2D eigenvalue weighted by molar-refractivity contribution is 5.40. The minimum Gasteiger partial charge on any atom is -0.486 e. The summed E-state index contributed by atoms with van der Waals surface area (Å²) in [6.45, 7) is 2.65. The van der Waals surface area contributed by atoms with E-state index in [0.29, 0.717) is 6.61 Å². The Hall–Kier alpha value is -1.22. The maximum atomic E-state index is 5.91. The molecule has 2 aliphatic rings. The van der Waals surface area contributed by atoms with Crippen LogP contribution in [-0.2, 0) is 0 Å². The Kier molecular flexibility index (Phi) is 3.69. The smallest absolute Gasteiger partial charge is 0.161 e. The lowest BCUT2D eigenvalue weighted by atomic mass is 10.1. The molecule has 3 heteroatoms. The molecule has 1 unspecified atom stereocenters. The molecule has 0 radical (unpaired) electrons. The van der Waals surface area contributed by atoms with Gasteiger partial charge in [0.1, 0.15) is 12.7 Å². The van der Waals surface area contributed by atoms with E-state index in [1.54, 1.807) is 0 Å². The summed E-state index contributed by atoms with van der Waals surface area (Å²) in [5, 5.41) is 3.52. The van der Waals surface area contributed by atoms with Crippen molar-refractivity contribution in [3.05, 3.63) is 24.3 Å². The van der Waals surface area contributed by atoms with Gasteiger partial charge in [-0.2, -0.15) is 0 Å². The van der Waals surface area contributed by atoms with Crippen molar-refractivity contribution in [3.63, 3.8) is 0 Å². The van der Waals surface area contributed by atoms with Crippen LogP contribution in [0.4, 0.5) is 0 Å². The van der Waals surface area contributed by atoms with Gasteiger partial charge in [-0.3, -0.25) is 0 Å². The molecule has 0 saturated heterocycles. The summed E-state index contributed by atoms with van der Waals surface area (Å²) in [5.74, 6) is 2.61. The van der Waals surface area contributed by atoms with Crippen LogP contribution in [0.3, 0.4) is 0 Å². The Morgan fingerprint density at radius 3 is 2.67 bits per heavy atom. The van der Waals surface area contributed by atoms with E-state index in [9.17, 15) is 0 Å². The van der Waals surface area contributed by atoms with Crippen LogP contribution in [0.25, 0.3) is 0 Å². The third-order valence-electron chi connectivity index (χ3n) is 3.85. The van der Waals surface area contributed by atoms with Crippen molar-refractivity contribution in [1.82, 2.24) is 5.32 Å². The predicted molar refractivity (Wildman–Crippen MR) is 71.2 cm³/mol. The number of ether oxygens (including phenoxy) is 2. The highest BCUT2D eigenvalue weighted by atomic mass is 16.6. The fourth-order valence-electron chi connectivity index (χ4n) is 2.83. The van der Waals surface area contributed by atoms with Gasteiger partial charge in [0, 0.05) is 6.54 Å². The summed E-state index contributed by atoms with van der Waals surface area (Å²) in [5.41, 5.74) is 0. The number of benzene rings is 1. The Bertz CT molecular complexity index is 388. The molecule has 18 heavy (non-hydrogen) atoms. The second-order valence-electron chi connectivity index (χ2n) is 5.31. The van der Waals surface area contributed by atoms with E-state index >= 15 is 0 Å². The maximum absolute atomic E-state index is 5.91. The molecule has 1 saturated carbocycles. The molecule has 1 aliphatic heterocycles. The molecule has 98 valence electrons. The van der Waals surface area contributed by atoms with E-state index in [1.807, 2.05) is 24.3 Å². The van der Waals surface area contributed by atoms with Gasteiger partial charge in [-0.1, -0.05) is 25.0 Å². The Balaban J connectivity index is 1.44. The second-order valence-corrected chi connectivity index (χ2v) is 5.31. The fraction of sp³-hybridized carbons (Fsp3) is 0.600. The van der Waals surface area contributed by atoms with E-state index in [2.05, 4.69) is 5.32 Å². The van der Waals surface area contributed by atoms with Crippen LogP contribution in [0.2, 0.25) is 0 Å². The number of fused-ring (bicyclic) bond motifs is 1. The van der Waals surface area contributed by atoms with E-state index in [4.69, 9.17) is 9.47 Å². The summed E-state index contributed by atoms with van der Waals surface area (Å²) >= 11 is 0. The molecular weight excluding hydrogens is 226 g/mol. The van der Waals surface area contributed by atoms with Gasteiger partial charge in [0.05, 0.1) is 0 Å². The van der Waals surface area contributed by atoms with Crippen LogP contribution in [0.15, 0.2) is 24.3 Å². The van der Waals surface area contributed by atoms with Crippen molar-refractivity contribution in [1.29, 1.82) is 0 Å². The van der Waals surface area contributed by atoms with Gasteiger partial charge in [0.25, 0.3) is 0 Å².